The molecule has 1 atom stereocenters. The quantitative estimate of drug-likeness (QED) is 0.771. The lowest BCUT2D eigenvalue weighted by Gasteiger charge is -2.26. The molecule has 1 amide bonds. The molecule has 1 aliphatic heterocycles. The van der Waals surface area contributed by atoms with E-state index in [-0.39, 0.29) is 24.2 Å². The molecule has 0 aromatic heterocycles. The Morgan fingerprint density at radius 3 is 2.86 bits per heavy atom. The van der Waals surface area contributed by atoms with Gasteiger partial charge in [0, 0.05) is 18.2 Å². The minimum atomic E-state index is -0.472. The summed E-state index contributed by atoms with van der Waals surface area (Å²) < 4.78 is 10.8. The van der Waals surface area contributed by atoms with Crippen LogP contribution in [0.1, 0.15) is 12.8 Å². The maximum atomic E-state index is 12.0. The van der Waals surface area contributed by atoms with Gasteiger partial charge in [0.2, 0.25) is 5.91 Å². The van der Waals surface area contributed by atoms with Crippen LogP contribution in [0.25, 0.3) is 0 Å². The number of nitrogens with two attached hydrogens (primary N) is 1. The van der Waals surface area contributed by atoms with Crippen LogP contribution in [0.5, 0.6) is 5.75 Å². The summed E-state index contributed by atoms with van der Waals surface area (Å²) in [5.74, 6) is 0.759. The van der Waals surface area contributed by atoms with Crippen molar-refractivity contribution in [2.75, 3.05) is 26.4 Å². The van der Waals surface area contributed by atoms with Crippen LogP contribution in [0.2, 0.25) is 5.02 Å². The zero-order valence-electron chi connectivity index (χ0n) is 12.3. The first-order valence-corrected chi connectivity index (χ1v) is 7.54. The molecule has 1 saturated heterocycles. The molecule has 0 spiro atoms. The summed E-state index contributed by atoms with van der Waals surface area (Å²) in [7, 11) is 0. The summed E-state index contributed by atoms with van der Waals surface area (Å²) in [5, 5.41) is 3.43. The third-order valence-electron chi connectivity index (χ3n) is 3.54. The van der Waals surface area contributed by atoms with Crippen LogP contribution in [-0.2, 0) is 9.53 Å². The van der Waals surface area contributed by atoms with E-state index >= 15 is 0 Å². The zero-order chi connectivity index (χ0) is 15.1. The Morgan fingerprint density at radius 2 is 2.18 bits per heavy atom. The van der Waals surface area contributed by atoms with Gasteiger partial charge in [0.1, 0.15) is 12.4 Å². The molecule has 124 valence electrons. The predicted octanol–water partition coefficient (Wildman–Crippen LogP) is 2.01. The first-order chi connectivity index (χ1) is 10.2. The Hall–Kier alpha value is -1.01. The standard InChI is InChI=1S/C15H21ClN2O3.ClH/c16-12-2-1-3-13(10-12)21-9-6-18-15(19)14(17)11-4-7-20-8-5-11;/h1-3,10-11,14H,4-9,17H2,(H,18,19);1H. The molecule has 1 heterocycles. The van der Waals surface area contributed by atoms with E-state index in [1.165, 1.54) is 0 Å². The second-order valence-electron chi connectivity index (χ2n) is 5.07. The van der Waals surface area contributed by atoms with Gasteiger partial charge < -0.3 is 20.5 Å². The van der Waals surface area contributed by atoms with Crippen LogP contribution in [0.4, 0.5) is 0 Å². The van der Waals surface area contributed by atoms with Gasteiger partial charge in [-0.2, -0.15) is 0 Å². The molecular weight excluding hydrogens is 327 g/mol. The Kier molecular flexibility index (Phi) is 8.56. The van der Waals surface area contributed by atoms with Crippen LogP contribution in [0.3, 0.4) is 0 Å². The zero-order valence-corrected chi connectivity index (χ0v) is 13.9. The Bertz CT molecular complexity index is 468. The number of rotatable bonds is 6. The van der Waals surface area contributed by atoms with Crippen LogP contribution in [-0.4, -0.2) is 38.3 Å². The smallest absolute Gasteiger partial charge is 0.237 e. The average Bonchev–Trinajstić information content (AvgIpc) is 2.51. The maximum Gasteiger partial charge on any atom is 0.237 e. The second kappa shape index (κ2) is 9.90. The van der Waals surface area contributed by atoms with Gasteiger partial charge in [-0.3, -0.25) is 4.79 Å². The highest BCUT2D eigenvalue weighted by molar-refractivity contribution is 6.30. The Labute approximate surface area is 141 Å². The molecule has 5 nitrogen and oxygen atoms in total. The first kappa shape index (κ1) is 19.0. The summed E-state index contributed by atoms with van der Waals surface area (Å²) in [6, 6.07) is 6.68. The number of halogens is 2. The van der Waals surface area contributed by atoms with Gasteiger partial charge in [-0.25, -0.2) is 0 Å². The van der Waals surface area contributed by atoms with E-state index in [1.54, 1.807) is 12.1 Å². The monoisotopic (exact) mass is 348 g/mol. The highest BCUT2D eigenvalue weighted by atomic mass is 35.5. The van der Waals surface area contributed by atoms with Crippen LogP contribution in [0.15, 0.2) is 24.3 Å². The van der Waals surface area contributed by atoms with E-state index in [1.807, 2.05) is 12.1 Å². The summed E-state index contributed by atoms with van der Waals surface area (Å²) >= 11 is 5.86. The number of amides is 1. The van der Waals surface area contributed by atoms with Gasteiger partial charge in [0.25, 0.3) is 0 Å². The summed E-state index contributed by atoms with van der Waals surface area (Å²) in [5.41, 5.74) is 5.98. The number of carbonyl (C=O) groups is 1. The lowest BCUT2D eigenvalue weighted by atomic mass is 9.92. The lowest BCUT2D eigenvalue weighted by Crippen LogP contribution is -2.47. The Morgan fingerprint density at radius 1 is 1.45 bits per heavy atom. The van der Waals surface area contributed by atoms with E-state index in [2.05, 4.69) is 5.32 Å². The van der Waals surface area contributed by atoms with Crippen molar-refractivity contribution in [1.82, 2.24) is 5.32 Å². The van der Waals surface area contributed by atoms with Gasteiger partial charge in [-0.15, -0.1) is 12.4 Å². The van der Waals surface area contributed by atoms with Gasteiger partial charge in [0.15, 0.2) is 0 Å². The lowest BCUT2D eigenvalue weighted by molar-refractivity contribution is -0.124. The molecule has 0 bridgehead atoms. The largest absolute Gasteiger partial charge is 0.492 e. The van der Waals surface area contributed by atoms with Gasteiger partial charge >= 0.3 is 0 Å². The van der Waals surface area contributed by atoms with Crippen molar-refractivity contribution in [2.24, 2.45) is 11.7 Å². The van der Waals surface area contributed by atoms with Crippen LogP contribution < -0.4 is 15.8 Å². The number of benzene rings is 1. The average molecular weight is 349 g/mol. The summed E-state index contributed by atoms with van der Waals surface area (Å²) in [6.45, 7) is 2.17. The van der Waals surface area contributed by atoms with Crippen molar-refractivity contribution in [2.45, 2.75) is 18.9 Å². The van der Waals surface area contributed by atoms with E-state index in [0.717, 1.165) is 12.8 Å². The molecule has 1 unspecified atom stereocenters. The fourth-order valence-corrected chi connectivity index (χ4v) is 2.49. The third kappa shape index (κ3) is 6.01. The number of nitrogens with one attached hydrogen (secondary N) is 1. The third-order valence-corrected chi connectivity index (χ3v) is 3.78. The van der Waals surface area contributed by atoms with Crippen molar-refractivity contribution in [3.63, 3.8) is 0 Å². The van der Waals surface area contributed by atoms with Crippen molar-refractivity contribution < 1.29 is 14.3 Å². The van der Waals surface area contributed by atoms with E-state index < -0.39 is 6.04 Å². The van der Waals surface area contributed by atoms with Gasteiger partial charge in [-0.1, -0.05) is 17.7 Å². The van der Waals surface area contributed by atoms with E-state index in [4.69, 9.17) is 26.8 Å². The molecule has 2 rings (SSSR count). The van der Waals surface area contributed by atoms with Gasteiger partial charge in [-0.05, 0) is 37.0 Å². The highest BCUT2D eigenvalue weighted by Gasteiger charge is 2.26. The minimum Gasteiger partial charge on any atom is -0.492 e. The molecule has 0 radical (unpaired) electrons. The summed E-state index contributed by atoms with van der Waals surface area (Å²) in [6.07, 6.45) is 1.68. The van der Waals surface area contributed by atoms with Crippen molar-refractivity contribution in [3.05, 3.63) is 29.3 Å². The topological polar surface area (TPSA) is 73.6 Å². The molecule has 1 aromatic rings. The van der Waals surface area contributed by atoms with Crippen molar-refractivity contribution >= 4 is 29.9 Å². The van der Waals surface area contributed by atoms with Crippen LogP contribution in [0, 0.1) is 5.92 Å². The van der Waals surface area contributed by atoms with Crippen LogP contribution >= 0.6 is 24.0 Å². The fraction of sp³-hybridized carbons (Fsp3) is 0.533. The predicted molar refractivity (Wildman–Crippen MR) is 88.7 cm³/mol. The van der Waals surface area contributed by atoms with Gasteiger partial charge in [0.05, 0.1) is 12.6 Å². The molecule has 1 aliphatic rings. The number of carbonyl (C=O) groups excluding carboxylic acids is 1. The van der Waals surface area contributed by atoms with Crippen molar-refractivity contribution in [1.29, 1.82) is 0 Å². The normalized spacial score (nSPS) is 16.5. The Balaban J connectivity index is 0.00000242. The number of ether oxygens (including phenoxy) is 2. The molecule has 1 fully saturated rings. The fourth-order valence-electron chi connectivity index (χ4n) is 2.31. The molecule has 0 aliphatic carbocycles. The molecular formula is C15H22Cl2N2O3. The number of hydrogen-bond donors (Lipinski definition) is 2. The highest BCUT2D eigenvalue weighted by Crippen LogP contribution is 2.18. The molecule has 3 N–H and O–H groups in total. The molecule has 7 heteroatoms. The van der Waals surface area contributed by atoms with E-state index in [0.29, 0.717) is 37.1 Å². The van der Waals surface area contributed by atoms with E-state index in [9.17, 15) is 4.79 Å². The molecule has 0 saturated carbocycles. The first-order valence-electron chi connectivity index (χ1n) is 7.16. The maximum absolute atomic E-state index is 12.0. The minimum absolute atomic E-state index is 0. The summed E-state index contributed by atoms with van der Waals surface area (Å²) in [4.78, 5) is 12.0. The molecule has 1 aromatic carbocycles. The number of hydrogen-bond acceptors (Lipinski definition) is 4. The van der Waals surface area contributed by atoms with Crippen molar-refractivity contribution in [3.8, 4) is 5.75 Å². The molecule has 22 heavy (non-hydrogen) atoms. The SMILES string of the molecule is Cl.NC(C(=O)NCCOc1cccc(Cl)c1)C1CCOCC1. The second-order valence-corrected chi connectivity index (χ2v) is 5.51.